The first-order valence-corrected chi connectivity index (χ1v) is 13.9. The number of pyridine rings is 1. The van der Waals surface area contributed by atoms with Crippen LogP contribution in [0.4, 0.5) is 18.0 Å². The van der Waals surface area contributed by atoms with Crippen LogP contribution in [0.2, 0.25) is 0 Å². The molecule has 2 aromatic heterocycles. The second-order valence-corrected chi connectivity index (χ2v) is 10.3. The number of carbonyl (C=O) groups excluding carboxylic acids is 2. The number of nitrogens with one attached hydrogen (secondary N) is 3. The van der Waals surface area contributed by atoms with Crippen molar-refractivity contribution in [2.75, 3.05) is 59.6 Å². The second-order valence-electron chi connectivity index (χ2n) is 9.25. The predicted octanol–water partition coefficient (Wildman–Crippen LogP) is 2.80. The van der Waals surface area contributed by atoms with Crippen molar-refractivity contribution < 1.29 is 32.2 Å². The molecule has 0 aliphatic carbocycles. The van der Waals surface area contributed by atoms with Gasteiger partial charge in [0.1, 0.15) is 10.8 Å². The van der Waals surface area contributed by atoms with Gasteiger partial charge in [-0.25, -0.2) is 14.6 Å². The number of thiazole rings is 1. The van der Waals surface area contributed by atoms with Crippen LogP contribution in [0.1, 0.15) is 44.8 Å². The molecule has 0 atom stereocenters. The smallest absolute Gasteiger partial charge is 0.434 e. The third kappa shape index (κ3) is 8.09. The number of esters is 1. The maximum Gasteiger partial charge on any atom is 0.434 e. The van der Waals surface area contributed by atoms with Crippen LogP contribution in [-0.2, 0) is 22.2 Å². The molecule has 0 saturated carbocycles. The first kappa shape index (κ1) is 30.6. The fraction of sp³-hybridized carbons (Fsp3) is 0.500. The summed E-state index contributed by atoms with van der Waals surface area (Å²) >= 11 is 0.943. The summed E-state index contributed by atoms with van der Waals surface area (Å²) in [5.74, 6) is -0.306. The van der Waals surface area contributed by atoms with E-state index in [0.717, 1.165) is 24.4 Å². The number of hydrogen-bond donors (Lipinski definition) is 3. The molecule has 1 fully saturated rings. The van der Waals surface area contributed by atoms with E-state index in [0.29, 0.717) is 55.4 Å². The van der Waals surface area contributed by atoms with Gasteiger partial charge >= 0.3 is 18.2 Å². The van der Waals surface area contributed by atoms with Crippen LogP contribution in [0.5, 0.6) is 0 Å². The molecule has 15 heteroatoms. The lowest BCUT2D eigenvalue weighted by atomic mass is 9.95. The van der Waals surface area contributed by atoms with Gasteiger partial charge in [0.05, 0.1) is 37.3 Å². The minimum absolute atomic E-state index is 0.00303. The highest BCUT2D eigenvalue weighted by atomic mass is 32.1. The fourth-order valence-electron chi connectivity index (χ4n) is 4.41. The molecule has 2 amide bonds. The quantitative estimate of drug-likeness (QED) is 0.298. The van der Waals surface area contributed by atoms with Gasteiger partial charge in [-0.2, -0.15) is 13.2 Å². The van der Waals surface area contributed by atoms with Crippen molar-refractivity contribution >= 4 is 40.3 Å². The van der Waals surface area contributed by atoms with E-state index in [1.54, 1.807) is 13.0 Å². The van der Waals surface area contributed by atoms with Gasteiger partial charge in [-0.1, -0.05) is 0 Å². The first-order valence-electron chi connectivity index (χ1n) is 13.1. The van der Waals surface area contributed by atoms with Crippen molar-refractivity contribution in [3.63, 3.8) is 0 Å². The monoisotopic (exact) mass is 595 g/mol. The molecule has 0 bridgehead atoms. The number of rotatable bonds is 9. The number of hydrogen-bond acceptors (Lipinski definition) is 10. The number of amidine groups is 1. The van der Waals surface area contributed by atoms with Gasteiger partial charge in [0.2, 0.25) is 0 Å². The number of ether oxygens (including phenoxy) is 2. The number of methoxy groups -OCH3 is 1. The van der Waals surface area contributed by atoms with E-state index in [4.69, 9.17) is 9.47 Å². The van der Waals surface area contributed by atoms with Crippen molar-refractivity contribution in [3.05, 3.63) is 45.2 Å². The molecule has 0 radical (unpaired) electrons. The maximum atomic E-state index is 14.1. The molecule has 3 N–H and O–H groups in total. The summed E-state index contributed by atoms with van der Waals surface area (Å²) in [5.41, 5.74) is 0.750. The highest BCUT2D eigenvalue weighted by Gasteiger charge is 2.38. The number of carbonyl (C=O) groups is 2. The Morgan fingerprint density at radius 1 is 1.20 bits per heavy atom. The van der Waals surface area contributed by atoms with E-state index >= 15 is 0 Å². The largest absolute Gasteiger partial charge is 0.465 e. The van der Waals surface area contributed by atoms with Crippen LogP contribution in [0, 0.1) is 0 Å². The van der Waals surface area contributed by atoms with E-state index in [2.05, 4.69) is 35.8 Å². The minimum Gasteiger partial charge on any atom is -0.465 e. The standard InChI is InChI=1S/C26H32F3N7O4S/c1-3-32-25(38)34-21-11-18(19(14-33-21)16-10-17(13-31-12-16)24(37)39-2)23-35-22(26(27,28)29)20(41-23)15-30-4-5-36-6-8-40-9-7-36/h10,12-13,30H,3-9,11,14-15H2,1-2H3,(H2,32,33,34,38). The highest BCUT2D eigenvalue weighted by molar-refractivity contribution is 7.13. The number of dihydropyridines is 1. The Morgan fingerprint density at radius 2 is 1.98 bits per heavy atom. The van der Waals surface area contributed by atoms with E-state index in [1.165, 1.54) is 19.5 Å². The Balaban J connectivity index is 1.64. The zero-order valence-corrected chi connectivity index (χ0v) is 23.6. The summed E-state index contributed by atoms with van der Waals surface area (Å²) in [6, 6.07) is 1.09. The molecule has 0 spiro atoms. The summed E-state index contributed by atoms with van der Waals surface area (Å²) < 4.78 is 52.4. The molecule has 4 heterocycles. The van der Waals surface area contributed by atoms with E-state index < -0.39 is 23.9 Å². The SMILES string of the molecule is CCNC(=O)NC1=NCC(c2cncc(C(=O)OC)c2)=C(c2nc(C(F)(F)F)c(CNCCN3CCOCC3)s2)C1. The van der Waals surface area contributed by atoms with Crippen molar-refractivity contribution in [1.82, 2.24) is 30.8 Å². The van der Waals surface area contributed by atoms with Gasteiger partial charge in [0, 0.05) is 63.7 Å². The molecular weight excluding hydrogens is 563 g/mol. The number of morpholine rings is 1. The third-order valence-corrected chi connectivity index (χ3v) is 7.57. The molecular formula is C26H32F3N7O4S. The lowest BCUT2D eigenvalue weighted by molar-refractivity contribution is -0.141. The van der Waals surface area contributed by atoms with Gasteiger partial charge < -0.3 is 20.1 Å². The first-order chi connectivity index (χ1) is 19.7. The Hall–Kier alpha value is -3.40. The topological polar surface area (TPSA) is 130 Å². The average molecular weight is 596 g/mol. The zero-order chi connectivity index (χ0) is 29.4. The molecule has 41 heavy (non-hydrogen) atoms. The third-order valence-electron chi connectivity index (χ3n) is 6.46. The van der Waals surface area contributed by atoms with Crippen molar-refractivity contribution in [2.45, 2.75) is 26.1 Å². The number of amides is 2. The molecule has 2 aromatic rings. The number of halogens is 3. The Kier molecular flexibility index (Phi) is 10.4. The van der Waals surface area contributed by atoms with Crippen LogP contribution < -0.4 is 16.0 Å². The van der Waals surface area contributed by atoms with Crippen LogP contribution >= 0.6 is 11.3 Å². The molecule has 222 valence electrons. The minimum atomic E-state index is -4.66. The Morgan fingerprint density at radius 3 is 2.68 bits per heavy atom. The van der Waals surface area contributed by atoms with Gasteiger partial charge in [-0.05, 0) is 24.1 Å². The van der Waals surface area contributed by atoms with Crippen LogP contribution in [0.25, 0.3) is 11.1 Å². The number of alkyl halides is 3. The molecule has 11 nitrogen and oxygen atoms in total. The van der Waals surface area contributed by atoms with Gasteiger partial charge in [0.15, 0.2) is 5.69 Å². The maximum absolute atomic E-state index is 14.1. The molecule has 0 aromatic carbocycles. The second kappa shape index (κ2) is 14.0. The number of aliphatic imine (C=N–C) groups is 1. The van der Waals surface area contributed by atoms with Gasteiger partial charge in [0.25, 0.3) is 0 Å². The number of nitrogens with zero attached hydrogens (tertiary/aromatic N) is 4. The van der Waals surface area contributed by atoms with Crippen molar-refractivity contribution in [1.29, 1.82) is 0 Å². The van der Waals surface area contributed by atoms with Gasteiger partial charge in [-0.15, -0.1) is 11.3 Å². The Labute approximate surface area is 239 Å². The summed E-state index contributed by atoms with van der Waals surface area (Å²) in [4.78, 5) is 39.1. The predicted molar refractivity (Wildman–Crippen MR) is 148 cm³/mol. The molecule has 1 saturated heterocycles. The summed E-state index contributed by atoms with van der Waals surface area (Å²) in [6.07, 6.45) is -1.78. The summed E-state index contributed by atoms with van der Waals surface area (Å²) in [6.45, 7) is 6.26. The van der Waals surface area contributed by atoms with Crippen molar-refractivity contribution in [2.24, 2.45) is 4.99 Å². The number of aromatic nitrogens is 2. The molecule has 2 aliphatic rings. The Bertz CT molecular complexity index is 1310. The van der Waals surface area contributed by atoms with Crippen LogP contribution in [0.3, 0.4) is 0 Å². The highest BCUT2D eigenvalue weighted by Crippen LogP contribution is 2.40. The van der Waals surface area contributed by atoms with Gasteiger partial charge in [-0.3, -0.25) is 20.2 Å². The van der Waals surface area contributed by atoms with E-state index in [1.807, 2.05) is 0 Å². The molecule has 4 rings (SSSR count). The number of urea groups is 1. The van der Waals surface area contributed by atoms with Crippen LogP contribution in [0.15, 0.2) is 23.5 Å². The molecule has 2 aliphatic heterocycles. The van der Waals surface area contributed by atoms with Crippen LogP contribution in [-0.4, -0.2) is 92.3 Å². The summed E-state index contributed by atoms with van der Waals surface area (Å²) in [5, 5.41) is 8.55. The normalized spacial score (nSPS) is 16.4. The van der Waals surface area contributed by atoms with E-state index in [9.17, 15) is 22.8 Å². The summed E-state index contributed by atoms with van der Waals surface area (Å²) in [7, 11) is 1.24. The average Bonchev–Trinajstić information content (AvgIpc) is 3.40. The fourth-order valence-corrected chi connectivity index (χ4v) is 5.53. The molecule has 0 unspecified atom stereocenters. The lowest BCUT2D eigenvalue weighted by Crippen LogP contribution is -2.40. The van der Waals surface area contributed by atoms with E-state index in [-0.39, 0.29) is 35.0 Å². The van der Waals surface area contributed by atoms with Crippen molar-refractivity contribution in [3.8, 4) is 0 Å². The lowest BCUT2D eigenvalue weighted by Gasteiger charge is -2.26. The zero-order valence-electron chi connectivity index (χ0n) is 22.8.